The average Bonchev–Trinajstić information content (AvgIpc) is 2.61. The first kappa shape index (κ1) is 9.96. The van der Waals surface area contributed by atoms with Crippen LogP contribution in [0.2, 0.25) is 0 Å². The van der Waals surface area contributed by atoms with Crippen molar-refractivity contribution in [2.24, 2.45) is 0 Å². The Balaban J connectivity index is 2.67. The fourth-order valence-electron chi connectivity index (χ4n) is 1.59. The maximum atomic E-state index is 5.60. The number of nitrogens with zero attached hydrogens (tertiary/aromatic N) is 3. The van der Waals surface area contributed by atoms with Gasteiger partial charge in [0.15, 0.2) is 0 Å². The molecule has 2 rings (SSSR count). The van der Waals surface area contributed by atoms with Gasteiger partial charge in [0, 0.05) is 23.3 Å². The summed E-state index contributed by atoms with van der Waals surface area (Å²) in [5, 5.41) is 1.03. The van der Waals surface area contributed by atoms with Crippen LogP contribution in [0.15, 0.2) is 18.5 Å². The second kappa shape index (κ2) is 3.22. The molecule has 4 nitrogen and oxygen atoms in total. The lowest BCUT2D eigenvalue weighted by molar-refractivity contribution is 0.352. The first-order valence-corrected chi connectivity index (χ1v) is 5.14. The number of fused-ring (bicyclic) bond motifs is 1. The molecule has 0 unspecified atom stereocenters. The quantitative estimate of drug-likeness (QED) is 0.815. The van der Waals surface area contributed by atoms with E-state index in [2.05, 4.69) is 35.3 Å². The van der Waals surface area contributed by atoms with Gasteiger partial charge in [-0.3, -0.25) is 0 Å². The van der Waals surface area contributed by atoms with Crippen LogP contribution in [0, 0.1) is 0 Å². The third kappa shape index (κ3) is 1.56. The predicted octanol–water partition coefficient (Wildman–Crippen LogP) is 2.16. The summed E-state index contributed by atoms with van der Waals surface area (Å²) in [6.07, 6.45) is 4.85. The Hall–Kier alpha value is -1.58. The molecule has 15 heavy (non-hydrogen) atoms. The Kier molecular flexibility index (Phi) is 2.14. The van der Waals surface area contributed by atoms with Crippen LogP contribution >= 0.6 is 0 Å². The van der Waals surface area contributed by atoms with Crippen LogP contribution < -0.4 is 5.73 Å². The highest BCUT2D eigenvalue weighted by molar-refractivity contribution is 5.76. The van der Waals surface area contributed by atoms with Gasteiger partial charge in [-0.1, -0.05) is 6.92 Å². The molecule has 0 aromatic carbocycles. The summed E-state index contributed by atoms with van der Waals surface area (Å²) >= 11 is 0. The number of aromatic nitrogens is 3. The molecule has 2 aromatic heterocycles. The minimum Gasteiger partial charge on any atom is -0.368 e. The average molecular weight is 204 g/mol. The molecule has 0 aliphatic carbocycles. The third-order valence-corrected chi connectivity index (χ3v) is 2.96. The van der Waals surface area contributed by atoms with Gasteiger partial charge in [-0.15, -0.1) is 0 Å². The van der Waals surface area contributed by atoms with Crippen LogP contribution in [-0.4, -0.2) is 14.5 Å². The fourth-order valence-corrected chi connectivity index (χ4v) is 1.59. The molecule has 0 saturated carbocycles. The smallest absolute Gasteiger partial charge is 0.221 e. The zero-order valence-corrected chi connectivity index (χ0v) is 9.36. The van der Waals surface area contributed by atoms with Crippen LogP contribution in [0.4, 0.5) is 5.95 Å². The first-order chi connectivity index (χ1) is 7.04. The monoisotopic (exact) mass is 204 g/mol. The summed E-state index contributed by atoms with van der Waals surface area (Å²) in [5.41, 5.74) is 6.57. The van der Waals surface area contributed by atoms with Gasteiger partial charge in [0.1, 0.15) is 5.65 Å². The highest BCUT2D eigenvalue weighted by Crippen LogP contribution is 2.25. The van der Waals surface area contributed by atoms with E-state index in [0.29, 0.717) is 5.95 Å². The van der Waals surface area contributed by atoms with Crippen molar-refractivity contribution in [2.45, 2.75) is 32.7 Å². The molecule has 4 heteroatoms. The minimum absolute atomic E-state index is 0.0581. The molecule has 0 saturated heterocycles. The van der Waals surface area contributed by atoms with E-state index >= 15 is 0 Å². The standard InChI is InChI=1S/C11H16N4/c1-4-11(2,3)15-6-5-8-7-13-10(12)14-9(8)15/h5-7H,4H2,1-3H3,(H2,12,13,14). The lowest BCUT2D eigenvalue weighted by Crippen LogP contribution is -2.24. The molecule has 2 heterocycles. The molecule has 0 spiro atoms. The number of nitrogen functional groups attached to an aromatic ring is 1. The molecular formula is C11H16N4. The SMILES string of the molecule is CCC(C)(C)n1ccc2cnc(N)nc21. The summed E-state index contributed by atoms with van der Waals surface area (Å²) < 4.78 is 2.15. The molecule has 80 valence electrons. The van der Waals surface area contributed by atoms with Crippen LogP contribution in [0.25, 0.3) is 11.0 Å². The first-order valence-electron chi connectivity index (χ1n) is 5.14. The van der Waals surface area contributed by atoms with E-state index in [4.69, 9.17) is 5.73 Å². The van der Waals surface area contributed by atoms with E-state index in [0.717, 1.165) is 17.5 Å². The molecule has 0 radical (unpaired) electrons. The van der Waals surface area contributed by atoms with Gasteiger partial charge in [0.2, 0.25) is 5.95 Å². The fraction of sp³-hybridized carbons (Fsp3) is 0.455. The maximum absolute atomic E-state index is 5.60. The van der Waals surface area contributed by atoms with E-state index in [1.54, 1.807) is 6.20 Å². The maximum Gasteiger partial charge on any atom is 0.221 e. The van der Waals surface area contributed by atoms with Crippen molar-refractivity contribution in [3.63, 3.8) is 0 Å². The van der Waals surface area contributed by atoms with Crippen molar-refractivity contribution in [1.29, 1.82) is 0 Å². The minimum atomic E-state index is 0.0581. The number of nitrogens with two attached hydrogens (primary N) is 1. The zero-order valence-electron chi connectivity index (χ0n) is 9.36. The normalized spacial score (nSPS) is 12.2. The van der Waals surface area contributed by atoms with Gasteiger partial charge in [0.05, 0.1) is 0 Å². The van der Waals surface area contributed by atoms with Gasteiger partial charge in [0.25, 0.3) is 0 Å². The molecule has 0 aliphatic rings. The van der Waals surface area contributed by atoms with Crippen molar-refractivity contribution < 1.29 is 0 Å². The van der Waals surface area contributed by atoms with E-state index in [1.165, 1.54) is 0 Å². The second-order valence-electron chi connectivity index (χ2n) is 4.36. The van der Waals surface area contributed by atoms with E-state index in [1.807, 2.05) is 12.3 Å². The highest BCUT2D eigenvalue weighted by Gasteiger charge is 2.19. The van der Waals surface area contributed by atoms with E-state index in [9.17, 15) is 0 Å². The Morgan fingerprint density at radius 1 is 1.47 bits per heavy atom. The predicted molar refractivity (Wildman–Crippen MR) is 61.6 cm³/mol. The molecule has 0 amide bonds. The zero-order chi connectivity index (χ0) is 11.1. The van der Waals surface area contributed by atoms with E-state index in [-0.39, 0.29) is 5.54 Å². The Morgan fingerprint density at radius 3 is 2.87 bits per heavy atom. The van der Waals surface area contributed by atoms with Gasteiger partial charge >= 0.3 is 0 Å². The van der Waals surface area contributed by atoms with Gasteiger partial charge in [-0.2, -0.15) is 4.98 Å². The Labute approximate surface area is 89.1 Å². The molecule has 2 aromatic rings. The van der Waals surface area contributed by atoms with Crippen LogP contribution in [0.3, 0.4) is 0 Å². The summed E-state index contributed by atoms with van der Waals surface area (Å²) in [7, 11) is 0. The number of hydrogen-bond donors (Lipinski definition) is 1. The summed E-state index contributed by atoms with van der Waals surface area (Å²) in [5.74, 6) is 0.328. The lowest BCUT2D eigenvalue weighted by Gasteiger charge is -2.25. The van der Waals surface area contributed by atoms with Crippen molar-refractivity contribution in [3.05, 3.63) is 18.5 Å². The second-order valence-corrected chi connectivity index (χ2v) is 4.36. The topological polar surface area (TPSA) is 56.7 Å². The van der Waals surface area contributed by atoms with Crippen molar-refractivity contribution in [1.82, 2.24) is 14.5 Å². The molecule has 0 fully saturated rings. The van der Waals surface area contributed by atoms with Crippen molar-refractivity contribution in [3.8, 4) is 0 Å². The largest absolute Gasteiger partial charge is 0.368 e. The lowest BCUT2D eigenvalue weighted by atomic mass is 10.0. The Morgan fingerprint density at radius 2 is 2.20 bits per heavy atom. The summed E-state index contributed by atoms with van der Waals surface area (Å²) in [4.78, 5) is 8.26. The molecular weight excluding hydrogens is 188 g/mol. The van der Waals surface area contributed by atoms with Crippen LogP contribution in [0.5, 0.6) is 0 Å². The number of rotatable bonds is 2. The van der Waals surface area contributed by atoms with Crippen LogP contribution in [0.1, 0.15) is 27.2 Å². The molecule has 2 N–H and O–H groups in total. The van der Waals surface area contributed by atoms with Crippen molar-refractivity contribution >= 4 is 17.0 Å². The highest BCUT2D eigenvalue weighted by atomic mass is 15.1. The van der Waals surface area contributed by atoms with Gasteiger partial charge in [-0.05, 0) is 26.3 Å². The van der Waals surface area contributed by atoms with Gasteiger partial charge in [-0.25, -0.2) is 4.98 Å². The number of hydrogen-bond acceptors (Lipinski definition) is 3. The van der Waals surface area contributed by atoms with Crippen molar-refractivity contribution in [2.75, 3.05) is 5.73 Å². The van der Waals surface area contributed by atoms with Crippen LogP contribution in [-0.2, 0) is 5.54 Å². The summed E-state index contributed by atoms with van der Waals surface area (Å²) in [6.45, 7) is 6.53. The van der Waals surface area contributed by atoms with Gasteiger partial charge < -0.3 is 10.3 Å². The van der Waals surface area contributed by atoms with E-state index < -0.39 is 0 Å². The number of anilines is 1. The molecule has 0 bridgehead atoms. The summed E-state index contributed by atoms with van der Waals surface area (Å²) in [6, 6.07) is 2.02. The molecule has 0 aliphatic heterocycles. The Bertz CT molecular complexity index is 484. The molecule has 0 atom stereocenters. The third-order valence-electron chi connectivity index (χ3n) is 2.96.